The number of benzene rings is 1. The summed E-state index contributed by atoms with van der Waals surface area (Å²) in [4.78, 5) is 24.7. The summed E-state index contributed by atoms with van der Waals surface area (Å²) in [6.07, 6.45) is -1.04. The Balaban J connectivity index is 2.14. The molecule has 1 aliphatic rings. The molecule has 0 aromatic heterocycles. The second kappa shape index (κ2) is 6.42. The number of carbonyl (C=O) groups is 2. The van der Waals surface area contributed by atoms with E-state index in [1.165, 1.54) is 36.2 Å². The van der Waals surface area contributed by atoms with Crippen molar-refractivity contribution in [1.82, 2.24) is 9.62 Å². The predicted molar refractivity (Wildman–Crippen MR) is 76.0 cm³/mol. The zero-order chi connectivity index (χ0) is 16.3. The van der Waals surface area contributed by atoms with Crippen molar-refractivity contribution in [2.45, 2.75) is 11.0 Å². The molecule has 22 heavy (non-hydrogen) atoms. The smallest absolute Gasteiger partial charge is 0.334 e. The molecule has 0 spiro atoms. The van der Waals surface area contributed by atoms with Crippen molar-refractivity contribution in [2.24, 2.45) is 0 Å². The van der Waals surface area contributed by atoms with E-state index in [1.54, 1.807) is 0 Å². The summed E-state index contributed by atoms with van der Waals surface area (Å²) in [5.74, 6) is -1.48. The Morgan fingerprint density at radius 3 is 2.50 bits per heavy atom. The highest BCUT2D eigenvalue weighted by atomic mass is 32.2. The van der Waals surface area contributed by atoms with Crippen LogP contribution >= 0.6 is 0 Å². The summed E-state index contributed by atoms with van der Waals surface area (Å²) in [5, 5.41) is 8.92. The first-order valence-electron chi connectivity index (χ1n) is 6.52. The van der Waals surface area contributed by atoms with Crippen LogP contribution in [0.5, 0.6) is 0 Å². The molecule has 1 aromatic carbocycles. The van der Waals surface area contributed by atoms with Crippen LogP contribution < -0.4 is 4.72 Å². The van der Waals surface area contributed by atoms with Gasteiger partial charge in [-0.1, -0.05) is 0 Å². The normalized spacial score (nSPS) is 19.0. The van der Waals surface area contributed by atoms with E-state index in [0.717, 1.165) is 0 Å². The van der Waals surface area contributed by atoms with Crippen LogP contribution in [-0.4, -0.2) is 63.1 Å². The molecule has 120 valence electrons. The number of carboxylic acid groups (broad SMARTS) is 1. The molecule has 1 atom stereocenters. The minimum absolute atomic E-state index is 0.0370. The summed E-state index contributed by atoms with van der Waals surface area (Å²) >= 11 is 0. The molecule has 1 fully saturated rings. The van der Waals surface area contributed by atoms with Gasteiger partial charge in [0.1, 0.15) is 0 Å². The molecule has 1 saturated heterocycles. The number of hydrogen-bond donors (Lipinski definition) is 2. The molecule has 1 heterocycles. The summed E-state index contributed by atoms with van der Waals surface area (Å²) in [6, 6.07) is 5.46. The largest absolute Gasteiger partial charge is 0.479 e. The maximum Gasteiger partial charge on any atom is 0.334 e. The van der Waals surface area contributed by atoms with Crippen LogP contribution in [-0.2, 0) is 19.6 Å². The number of nitrogens with zero attached hydrogens (tertiary/aromatic N) is 1. The zero-order valence-corrected chi connectivity index (χ0v) is 12.7. The Kier molecular flexibility index (Phi) is 4.79. The summed E-state index contributed by atoms with van der Waals surface area (Å²) < 4.78 is 30.5. The number of carbonyl (C=O) groups excluding carboxylic acids is 1. The summed E-state index contributed by atoms with van der Waals surface area (Å²) in [5.41, 5.74) is 0.293. The van der Waals surface area contributed by atoms with Crippen LogP contribution in [0.1, 0.15) is 10.4 Å². The summed E-state index contributed by atoms with van der Waals surface area (Å²) in [6.45, 7) is 0.402. The zero-order valence-electron chi connectivity index (χ0n) is 11.9. The van der Waals surface area contributed by atoms with Crippen LogP contribution in [0, 0.1) is 0 Å². The Morgan fingerprint density at radius 1 is 1.32 bits per heavy atom. The maximum absolute atomic E-state index is 12.3. The highest BCUT2D eigenvalue weighted by molar-refractivity contribution is 7.89. The van der Waals surface area contributed by atoms with Gasteiger partial charge in [-0.25, -0.2) is 17.9 Å². The van der Waals surface area contributed by atoms with E-state index in [9.17, 15) is 18.0 Å². The van der Waals surface area contributed by atoms with Gasteiger partial charge in [0.25, 0.3) is 5.91 Å². The highest BCUT2D eigenvalue weighted by Gasteiger charge is 2.29. The Hall–Kier alpha value is -1.97. The maximum atomic E-state index is 12.3. The van der Waals surface area contributed by atoms with Crippen molar-refractivity contribution in [2.75, 3.05) is 26.7 Å². The van der Waals surface area contributed by atoms with E-state index >= 15 is 0 Å². The third-order valence-corrected chi connectivity index (χ3v) is 4.74. The highest BCUT2D eigenvalue weighted by Crippen LogP contribution is 2.14. The molecule has 1 amide bonds. The molecule has 0 bridgehead atoms. The van der Waals surface area contributed by atoms with Crippen LogP contribution in [0.25, 0.3) is 0 Å². The van der Waals surface area contributed by atoms with Gasteiger partial charge in [-0.15, -0.1) is 0 Å². The number of hydrogen-bond acceptors (Lipinski definition) is 5. The minimum Gasteiger partial charge on any atom is -0.479 e. The molecule has 9 heteroatoms. The number of ether oxygens (including phenoxy) is 1. The van der Waals surface area contributed by atoms with Gasteiger partial charge in [-0.3, -0.25) is 4.79 Å². The number of amides is 1. The van der Waals surface area contributed by atoms with E-state index in [2.05, 4.69) is 4.72 Å². The molecule has 1 aliphatic heterocycles. The van der Waals surface area contributed by atoms with Crippen molar-refractivity contribution in [1.29, 1.82) is 0 Å². The lowest BCUT2D eigenvalue weighted by atomic mass is 10.1. The monoisotopic (exact) mass is 328 g/mol. The first-order chi connectivity index (χ1) is 10.3. The van der Waals surface area contributed by atoms with Gasteiger partial charge in [-0.2, -0.15) is 0 Å². The van der Waals surface area contributed by atoms with E-state index < -0.39 is 22.1 Å². The molecule has 2 N–H and O–H groups in total. The number of carboxylic acids is 1. The Bertz CT molecular complexity index is 670. The van der Waals surface area contributed by atoms with Gasteiger partial charge in [0, 0.05) is 12.1 Å². The molecule has 2 rings (SSSR count). The van der Waals surface area contributed by atoms with Gasteiger partial charge in [0.15, 0.2) is 6.10 Å². The van der Waals surface area contributed by atoms with Gasteiger partial charge >= 0.3 is 5.97 Å². The lowest BCUT2D eigenvalue weighted by Gasteiger charge is -2.30. The molecule has 1 unspecified atom stereocenters. The number of nitrogens with one attached hydrogen (secondary N) is 1. The topological polar surface area (TPSA) is 113 Å². The minimum atomic E-state index is -3.56. The van der Waals surface area contributed by atoms with E-state index in [0.29, 0.717) is 12.1 Å². The molecule has 8 nitrogen and oxygen atoms in total. The second-order valence-electron chi connectivity index (χ2n) is 4.68. The van der Waals surface area contributed by atoms with Gasteiger partial charge in [0.2, 0.25) is 10.0 Å². The fourth-order valence-electron chi connectivity index (χ4n) is 2.06. The quantitative estimate of drug-likeness (QED) is 0.772. The number of morpholine rings is 1. The molecule has 0 aliphatic carbocycles. The average molecular weight is 328 g/mol. The molecule has 0 saturated carbocycles. The van der Waals surface area contributed by atoms with Gasteiger partial charge < -0.3 is 14.7 Å². The number of rotatable bonds is 4. The Labute approximate surface area is 127 Å². The lowest BCUT2D eigenvalue weighted by molar-refractivity contribution is -0.154. The molecule has 1 aromatic rings. The Morgan fingerprint density at radius 2 is 1.95 bits per heavy atom. The van der Waals surface area contributed by atoms with Crippen molar-refractivity contribution < 1.29 is 27.9 Å². The second-order valence-corrected chi connectivity index (χ2v) is 6.57. The van der Waals surface area contributed by atoms with Crippen molar-refractivity contribution in [3.05, 3.63) is 29.8 Å². The van der Waals surface area contributed by atoms with E-state index in [1.807, 2.05) is 0 Å². The molecule has 0 radical (unpaired) electrons. The third kappa shape index (κ3) is 3.43. The number of aliphatic carboxylic acids is 1. The standard InChI is InChI=1S/C13H16N2O6S/c1-14-22(19,20)10-4-2-9(3-5-10)12(16)15-6-7-21-11(8-15)13(17)18/h2-5,11,14H,6-8H2,1H3,(H,17,18). The summed E-state index contributed by atoms with van der Waals surface area (Å²) in [7, 11) is -2.26. The van der Waals surface area contributed by atoms with E-state index in [-0.39, 0.29) is 24.0 Å². The van der Waals surface area contributed by atoms with Crippen LogP contribution in [0.4, 0.5) is 0 Å². The van der Waals surface area contributed by atoms with E-state index in [4.69, 9.17) is 9.84 Å². The molecular weight excluding hydrogens is 312 g/mol. The fourth-order valence-corrected chi connectivity index (χ4v) is 2.79. The third-order valence-electron chi connectivity index (χ3n) is 3.31. The van der Waals surface area contributed by atoms with Crippen molar-refractivity contribution in [3.8, 4) is 0 Å². The van der Waals surface area contributed by atoms with Crippen LogP contribution in [0.15, 0.2) is 29.2 Å². The lowest BCUT2D eigenvalue weighted by Crippen LogP contribution is -2.48. The first-order valence-corrected chi connectivity index (χ1v) is 8.01. The molecular formula is C13H16N2O6S. The van der Waals surface area contributed by atoms with Crippen molar-refractivity contribution in [3.63, 3.8) is 0 Å². The average Bonchev–Trinajstić information content (AvgIpc) is 2.54. The first kappa shape index (κ1) is 16.4. The predicted octanol–water partition coefficient (Wildman–Crippen LogP) is -0.480. The van der Waals surface area contributed by atoms with Gasteiger partial charge in [-0.05, 0) is 31.3 Å². The van der Waals surface area contributed by atoms with Crippen LogP contribution in [0.2, 0.25) is 0 Å². The van der Waals surface area contributed by atoms with Crippen LogP contribution in [0.3, 0.4) is 0 Å². The number of sulfonamides is 1. The van der Waals surface area contributed by atoms with Crippen molar-refractivity contribution >= 4 is 21.9 Å². The SMILES string of the molecule is CNS(=O)(=O)c1ccc(C(=O)N2CCOC(C(=O)O)C2)cc1. The fraction of sp³-hybridized carbons (Fsp3) is 0.385. The van der Waals surface area contributed by atoms with Gasteiger partial charge in [0.05, 0.1) is 18.0 Å².